The first-order valence-corrected chi connectivity index (χ1v) is 5.78. The normalized spacial score (nSPS) is 11.9. The van der Waals surface area contributed by atoms with Gasteiger partial charge in [0.25, 0.3) is 0 Å². The van der Waals surface area contributed by atoms with E-state index in [0.29, 0.717) is 6.04 Å². The van der Waals surface area contributed by atoms with Gasteiger partial charge in [-0.15, -0.1) is 6.58 Å². The second-order valence-electron chi connectivity index (χ2n) is 4.35. The van der Waals surface area contributed by atoms with Crippen LogP contribution in [0.25, 0.3) is 0 Å². The van der Waals surface area contributed by atoms with Crippen LogP contribution in [-0.2, 0) is 0 Å². The number of rotatable bonds is 6. The number of hydrogen-bond acceptors (Lipinski definition) is 2. The summed E-state index contributed by atoms with van der Waals surface area (Å²) in [6.45, 7) is 5.94. The highest BCUT2D eigenvalue weighted by atomic mass is 15.1. The zero-order chi connectivity index (χ0) is 12.0. The first kappa shape index (κ1) is 12.6. The molecule has 0 aliphatic carbocycles. The molecule has 0 radical (unpaired) electrons. The minimum atomic E-state index is 0.489. The van der Waals surface area contributed by atoms with Crippen molar-refractivity contribution in [3.8, 4) is 0 Å². The summed E-state index contributed by atoms with van der Waals surface area (Å²) >= 11 is 0. The number of hydrogen-bond donors (Lipinski definition) is 1. The number of nitrogens with zero attached hydrogens (tertiary/aromatic N) is 1. The lowest BCUT2D eigenvalue weighted by Crippen LogP contribution is -2.14. The molecular weight excluding hydrogens is 196 g/mol. The fourth-order valence-corrected chi connectivity index (χ4v) is 1.58. The fraction of sp³-hybridized carbons (Fsp3) is 0.429. The van der Waals surface area contributed by atoms with Gasteiger partial charge in [0.05, 0.1) is 0 Å². The Bertz CT molecular complexity index is 314. The Morgan fingerprint density at radius 2 is 1.94 bits per heavy atom. The van der Waals surface area contributed by atoms with Crippen LogP contribution < -0.4 is 10.2 Å². The molecule has 0 bridgehead atoms. The molecule has 0 aromatic heterocycles. The molecule has 1 rings (SSSR count). The Labute approximate surface area is 99.0 Å². The van der Waals surface area contributed by atoms with Gasteiger partial charge in [-0.1, -0.05) is 6.08 Å². The summed E-state index contributed by atoms with van der Waals surface area (Å²) in [5.41, 5.74) is 2.41. The number of nitrogens with one attached hydrogen (secondary N) is 1. The summed E-state index contributed by atoms with van der Waals surface area (Å²) in [5, 5.41) is 3.48. The molecule has 0 saturated carbocycles. The van der Waals surface area contributed by atoms with Crippen molar-refractivity contribution in [1.29, 1.82) is 0 Å². The predicted molar refractivity (Wildman–Crippen MR) is 73.3 cm³/mol. The molecule has 0 saturated heterocycles. The third kappa shape index (κ3) is 3.97. The lowest BCUT2D eigenvalue weighted by molar-refractivity contribution is 0.719. The molecule has 1 N–H and O–H groups in total. The second kappa shape index (κ2) is 6.21. The van der Waals surface area contributed by atoms with Crippen LogP contribution >= 0.6 is 0 Å². The maximum atomic E-state index is 3.74. The van der Waals surface area contributed by atoms with Crippen molar-refractivity contribution >= 4 is 11.4 Å². The predicted octanol–water partition coefficient (Wildman–Crippen LogP) is 3.52. The third-order valence-electron chi connectivity index (χ3n) is 2.60. The smallest absolute Gasteiger partial charge is 0.0362 e. The van der Waals surface area contributed by atoms with Crippen molar-refractivity contribution in [2.24, 2.45) is 0 Å². The zero-order valence-electron chi connectivity index (χ0n) is 10.5. The molecule has 0 amide bonds. The molecule has 1 unspecified atom stereocenters. The Balaban J connectivity index is 2.51. The Hall–Kier alpha value is -1.44. The Morgan fingerprint density at radius 3 is 2.44 bits per heavy atom. The monoisotopic (exact) mass is 218 g/mol. The van der Waals surface area contributed by atoms with Gasteiger partial charge in [-0.3, -0.25) is 0 Å². The molecule has 88 valence electrons. The molecule has 0 heterocycles. The van der Waals surface area contributed by atoms with E-state index in [1.165, 1.54) is 11.4 Å². The van der Waals surface area contributed by atoms with Crippen molar-refractivity contribution in [3.63, 3.8) is 0 Å². The van der Waals surface area contributed by atoms with Crippen LogP contribution in [0.3, 0.4) is 0 Å². The number of anilines is 2. The Kier molecular flexibility index (Phi) is 4.90. The standard InChI is InChI=1S/C14H22N2/c1-5-6-7-12(2)15-13-8-10-14(11-9-13)16(3)4/h5,8-12,15H,1,6-7H2,2-4H3. The molecule has 1 atom stereocenters. The maximum Gasteiger partial charge on any atom is 0.0362 e. The minimum absolute atomic E-state index is 0.489. The average Bonchev–Trinajstić information content (AvgIpc) is 2.27. The average molecular weight is 218 g/mol. The Morgan fingerprint density at radius 1 is 1.31 bits per heavy atom. The van der Waals surface area contributed by atoms with E-state index in [0.717, 1.165) is 12.8 Å². The van der Waals surface area contributed by atoms with Crippen molar-refractivity contribution in [2.45, 2.75) is 25.8 Å². The SMILES string of the molecule is C=CCCC(C)Nc1ccc(N(C)C)cc1. The van der Waals surface area contributed by atoms with Crippen molar-refractivity contribution in [2.75, 3.05) is 24.3 Å². The van der Waals surface area contributed by atoms with E-state index in [1.807, 2.05) is 6.08 Å². The van der Waals surface area contributed by atoms with Gasteiger partial charge in [-0.05, 0) is 44.0 Å². The highest BCUT2D eigenvalue weighted by molar-refractivity contribution is 5.54. The fourth-order valence-electron chi connectivity index (χ4n) is 1.58. The third-order valence-corrected chi connectivity index (χ3v) is 2.60. The summed E-state index contributed by atoms with van der Waals surface area (Å²) in [6, 6.07) is 8.99. The van der Waals surface area contributed by atoms with Gasteiger partial charge in [0.15, 0.2) is 0 Å². The molecule has 0 aliphatic heterocycles. The maximum absolute atomic E-state index is 3.74. The molecule has 0 spiro atoms. The number of allylic oxidation sites excluding steroid dienone is 1. The summed E-state index contributed by atoms with van der Waals surface area (Å²) in [4.78, 5) is 2.10. The molecule has 1 aromatic rings. The van der Waals surface area contributed by atoms with E-state index < -0.39 is 0 Å². The van der Waals surface area contributed by atoms with Crippen LogP contribution in [0.1, 0.15) is 19.8 Å². The largest absolute Gasteiger partial charge is 0.383 e. The number of benzene rings is 1. The van der Waals surface area contributed by atoms with Crippen molar-refractivity contribution < 1.29 is 0 Å². The van der Waals surface area contributed by atoms with Crippen LogP contribution in [-0.4, -0.2) is 20.1 Å². The zero-order valence-corrected chi connectivity index (χ0v) is 10.5. The van der Waals surface area contributed by atoms with Gasteiger partial charge >= 0.3 is 0 Å². The molecule has 16 heavy (non-hydrogen) atoms. The van der Waals surface area contributed by atoms with E-state index in [2.05, 4.69) is 62.1 Å². The molecule has 0 fully saturated rings. The molecule has 1 aromatic carbocycles. The highest BCUT2D eigenvalue weighted by Crippen LogP contribution is 2.17. The summed E-state index contributed by atoms with van der Waals surface area (Å²) in [7, 11) is 4.10. The second-order valence-corrected chi connectivity index (χ2v) is 4.35. The van der Waals surface area contributed by atoms with Gasteiger partial charge in [-0.25, -0.2) is 0 Å². The van der Waals surface area contributed by atoms with Crippen LogP contribution in [0.15, 0.2) is 36.9 Å². The van der Waals surface area contributed by atoms with E-state index in [1.54, 1.807) is 0 Å². The van der Waals surface area contributed by atoms with Gasteiger partial charge in [0, 0.05) is 31.5 Å². The van der Waals surface area contributed by atoms with Gasteiger partial charge < -0.3 is 10.2 Å². The van der Waals surface area contributed by atoms with E-state index >= 15 is 0 Å². The minimum Gasteiger partial charge on any atom is -0.383 e. The summed E-state index contributed by atoms with van der Waals surface area (Å²) < 4.78 is 0. The highest BCUT2D eigenvalue weighted by Gasteiger charge is 2.01. The lowest BCUT2D eigenvalue weighted by atomic mass is 10.1. The molecular formula is C14H22N2. The van der Waals surface area contributed by atoms with Crippen LogP contribution in [0.4, 0.5) is 11.4 Å². The molecule has 2 heteroatoms. The van der Waals surface area contributed by atoms with Gasteiger partial charge in [-0.2, -0.15) is 0 Å². The quantitative estimate of drug-likeness (QED) is 0.735. The molecule has 0 aliphatic rings. The van der Waals surface area contributed by atoms with E-state index in [-0.39, 0.29) is 0 Å². The van der Waals surface area contributed by atoms with Crippen LogP contribution in [0.2, 0.25) is 0 Å². The van der Waals surface area contributed by atoms with E-state index in [4.69, 9.17) is 0 Å². The summed E-state index contributed by atoms with van der Waals surface area (Å²) in [5.74, 6) is 0. The topological polar surface area (TPSA) is 15.3 Å². The van der Waals surface area contributed by atoms with Crippen molar-refractivity contribution in [3.05, 3.63) is 36.9 Å². The first-order valence-electron chi connectivity index (χ1n) is 5.78. The van der Waals surface area contributed by atoms with Crippen LogP contribution in [0.5, 0.6) is 0 Å². The van der Waals surface area contributed by atoms with Gasteiger partial charge in [0.2, 0.25) is 0 Å². The first-order chi connectivity index (χ1) is 7.63. The summed E-state index contributed by atoms with van der Waals surface area (Å²) in [6.07, 6.45) is 4.15. The molecule has 2 nitrogen and oxygen atoms in total. The van der Waals surface area contributed by atoms with Gasteiger partial charge in [0.1, 0.15) is 0 Å². The van der Waals surface area contributed by atoms with Crippen molar-refractivity contribution in [1.82, 2.24) is 0 Å². The lowest BCUT2D eigenvalue weighted by Gasteiger charge is -2.16. The van der Waals surface area contributed by atoms with E-state index in [9.17, 15) is 0 Å². The van der Waals surface area contributed by atoms with Crippen LogP contribution in [0, 0.1) is 0 Å².